The first-order valence-corrected chi connectivity index (χ1v) is 17.1. The van der Waals surface area contributed by atoms with Gasteiger partial charge in [-0.3, -0.25) is 13.9 Å². The number of rotatable bonds is 14. The Hall–Kier alpha value is -3.77. The summed E-state index contributed by atoms with van der Waals surface area (Å²) in [5.41, 5.74) is 1.04. The lowest BCUT2D eigenvalue weighted by Crippen LogP contribution is -2.52. The van der Waals surface area contributed by atoms with E-state index in [2.05, 4.69) is 21.2 Å². The van der Waals surface area contributed by atoms with Crippen LogP contribution in [0.3, 0.4) is 0 Å². The van der Waals surface area contributed by atoms with Crippen molar-refractivity contribution in [3.63, 3.8) is 0 Å². The fourth-order valence-electron chi connectivity index (χ4n) is 5.31. The zero-order valence-corrected chi connectivity index (χ0v) is 28.4. The highest BCUT2D eigenvalue weighted by Gasteiger charge is 2.34. The van der Waals surface area contributed by atoms with Gasteiger partial charge in [0.15, 0.2) is 11.5 Å². The molecule has 1 saturated carbocycles. The molecule has 10 nitrogen and oxygen atoms in total. The van der Waals surface area contributed by atoms with Crippen LogP contribution in [-0.4, -0.2) is 64.6 Å². The highest BCUT2D eigenvalue weighted by Crippen LogP contribution is 2.33. The number of carbonyl (C=O) groups excluding carboxylic acids is 2. The van der Waals surface area contributed by atoms with Crippen LogP contribution in [-0.2, 0) is 26.2 Å². The number of hydrogen-bond acceptors (Lipinski definition) is 7. The van der Waals surface area contributed by atoms with Crippen LogP contribution < -0.4 is 23.8 Å². The van der Waals surface area contributed by atoms with Crippen LogP contribution in [0.1, 0.15) is 45.1 Å². The number of anilines is 1. The summed E-state index contributed by atoms with van der Waals surface area (Å²) < 4.78 is 46.6. The van der Waals surface area contributed by atoms with E-state index >= 15 is 0 Å². The lowest BCUT2D eigenvalue weighted by Gasteiger charge is -2.32. The van der Waals surface area contributed by atoms with Gasteiger partial charge < -0.3 is 24.4 Å². The molecule has 1 N–H and O–H groups in total. The first-order valence-electron chi connectivity index (χ1n) is 14.9. The first-order chi connectivity index (χ1) is 21.6. The summed E-state index contributed by atoms with van der Waals surface area (Å²) in [7, 11) is -1.43. The number of benzene rings is 3. The van der Waals surface area contributed by atoms with E-state index in [1.54, 1.807) is 31.2 Å². The number of ether oxygens (including phenoxy) is 3. The maximum Gasteiger partial charge on any atom is 0.264 e. The van der Waals surface area contributed by atoms with Gasteiger partial charge in [0.2, 0.25) is 11.8 Å². The van der Waals surface area contributed by atoms with Crippen molar-refractivity contribution in [1.29, 1.82) is 0 Å². The van der Waals surface area contributed by atoms with Gasteiger partial charge in [0.1, 0.15) is 18.3 Å². The number of methoxy groups -OCH3 is 2. The molecule has 45 heavy (non-hydrogen) atoms. The van der Waals surface area contributed by atoms with Gasteiger partial charge in [-0.05, 0) is 80.8 Å². The van der Waals surface area contributed by atoms with E-state index in [0.29, 0.717) is 18.1 Å². The van der Waals surface area contributed by atoms with E-state index in [-0.39, 0.29) is 34.8 Å². The van der Waals surface area contributed by atoms with Crippen LogP contribution in [0, 0.1) is 0 Å². The third-order valence-electron chi connectivity index (χ3n) is 7.77. The van der Waals surface area contributed by atoms with Crippen LogP contribution in [0.2, 0.25) is 0 Å². The Balaban J connectivity index is 1.72. The highest BCUT2D eigenvalue weighted by atomic mass is 79.9. The smallest absolute Gasteiger partial charge is 0.264 e. The van der Waals surface area contributed by atoms with Crippen LogP contribution in [0.25, 0.3) is 0 Å². The van der Waals surface area contributed by atoms with Crippen LogP contribution in [0.15, 0.2) is 76.1 Å². The van der Waals surface area contributed by atoms with Gasteiger partial charge in [0.05, 0.1) is 31.4 Å². The van der Waals surface area contributed by atoms with Gasteiger partial charge in [0, 0.05) is 23.1 Å². The van der Waals surface area contributed by atoms with Crippen LogP contribution >= 0.6 is 15.9 Å². The number of nitrogens with zero attached hydrogens (tertiary/aromatic N) is 2. The van der Waals surface area contributed by atoms with Gasteiger partial charge in [-0.25, -0.2) is 8.42 Å². The number of sulfonamides is 1. The lowest BCUT2D eigenvalue weighted by molar-refractivity contribution is -0.139. The number of nitrogens with one attached hydrogen (secondary N) is 1. The van der Waals surface area contributed by atoms with E-state index in [1.165, 1.54) is 37.3 Å². The molecule has 0 bridgehead atoms. The third-order valence-corrected chi connectivity index (χ3v) is 10.0. The van der Waals surface area contributed by atoms with Gasteiger partial charge in [-0.2, -0.15) is 0 Å². The molecule has 242 valence electrons. The maximum absolute atomic E-state index is 14.2. The second-order valence-electron chi connectivity index (χ2n) is 10.8. The molecule has 0 radical (unpaired) electrons. The topological polar surface area (TPSA) is 114 Å². The maximum atomic E-state index is 14.2. The molecule has 4 rings (SSSR count). The molecule has 0 aromatic heterocycles. The predicted octanol–water partition coefficient (Wildman–Crippen LogP) is 5.54. The average Bonchev–Trinajstić information content (AvgIpc) is 3.55. The molecule has 0 spiro atoms. The molecule has 1 aliphatic carbocycles. The minimum atomic E-state index is -4.31. The van der Waals surface area contributed by atoms with Crippen LogP contribution in [0.4, 0.5) is 5.69 Å². The molecule has 1 aliphatic rings. The minimum Gasteiger partial charge on any atom is -0.494 e. The van der Waals surface area contributed by atoms with E-state index in [0.717, 1.165) is 40.0 Å². The first kappa shape index (κ1) is 34.1. The zero-order chi connectivity index (χ0) is 32.6. The third kappa shape index (κ3) is 8.49. The quantitative estimate of drug-likeness (QED) is 0.235. The molecular weight excluding hydrogens is 662 g/mol. The van der Waals surface area contributed by atoms with Crippen molar-refractivity contribution >= 4 is 43.5 Å². The summed E-state index contributed by atoms with van der Waals surface area (Å²) >= 11 is 3.48. The van der Waals surface area contributed by atoms with Crippen molar-refractivity contribution < 1.29 is 32.2 Å². The normalized spacial score (nSPS) is 14.0. The molecule has 0 aliphatic heterocycles. The Morgan fingerprint density at radius 2 is 1.67 bits per heavy atom. The van der Waals surface area contributed by atoms with Crippen molar-refractivity contribution in [2.75, 3.05) is 31.7 Å². The number of hydrogen-bond donors (Lipinski definition) is 1. The molecule has 0 saturated heterocycles. The molecular formula is C33H40BrN3O7S. The van der Waals surface area contributed by atoms with E-state index in [4.69, 9.17) is 14.2 Å². The standard InChI is InChI=1S/C33H40BrN3O7S/c1-5-44-28-15-13-27(14-16-28)37(45(40,41)29-17-18-30(42-3)31(20-29)43-4)22-32(38)36(21-24-9-8-10-25(34)19-24)23(2)33(39)35-26-11-6-7-12-26/h8-10,13-20,23,26H,5-7,11-12,21-22H2,1-4H3,(H,35,39)/t23-/m1/s1. The van der Waals surface area contributed by atoms with Gasteiger partial charge in [0.25, 0.3) is 10.0 Å². The lowest BCUT2D eigenvalue weighted by atomic mass is 10.1. The Morgan fingerprint density at radius 1 is 0.978 bits per heavy atom. The van der Waals surface area contributed by atoms with Crippen molar-refractivity contribution in [3.05, 3.63) is 76.8 Å². The van der Waals surface area contributed by atoms with Crippen molar-refractivity contribution in [2.24, 2.45) is 0 Å². The number of carbonyl (C=O) groups is 2. The van der Waals surface area contributed by atoms with Gasteiger partial charge >= 0.3 is 0 Å². The minimum absolute atomic E-state index is 0.0635. The van der Waals surface area contributed by atoms with Gasteiger partial charge in [-0.1, -0.05) is 40.9 Å². The Kier molecular flexibility index (Phi) is 11.7. The SMILES string of the molecule is CCOc1ccc(N(CC(=O)N(Cc2cccc(Br)c2)[C@H](C)C(=O)NC2CCCC2)S(=O)(=O)c2ccc(OC)c(OC)c2)cc1. The molecule has 12 heteroatoms. The monoisotopic (exact) mass is 701 g/mol. The number of halogens is 1. The fourth-order valence-corrected chi connectivity index (χ4v) is 7.19. The van der Waals surface area contributed by atoms with Gasteiger partial charge in [-0.15, -0.1) is 0 Å². The Labute approximate surface area is 273 Å². The summed E-state index contributed by atoms with van der Waals surface area (Å²) in [5, 5.41) is 3.08. The highest BCUT2D eigenvalue weighted by molar-refractivity contribution is 9.10. The van der Waals surface area contributed by atoms with E-state index < -0.39 is 28.5 Å². The van der Waals surface area contributed by atoms with Crippen molar-refractivity contribution in [1.82, 2.24) is 10.2 Å². The average molecular weight is 703 g/mol. The predicted molar refractivity (Wildman–Crippen MR) is 176 cm³/mol. The molecule has 1 atom stereocenters. The largest absolute Gasteiger partial charge is 0.494 e. The fraction of sp³-hybridized carbons (Fsp3) is 0.394. The van der Waals surface area contributed by atoms with Crippen molar-refractivity contribution in [2.45, 2.75) is 63.1 Å². The second-order valence-corrected chi connectivity index (χ2v) is 13.6. The molecule has 3 aromatic carbocycles. The molecule has 0 unspecified atom stereocenters. The summed E-state index contributed by atoms with van der Waals surface area (Å²) in [4.78, 5) is 29.0. The summed E-state index contributed by atoms with van der Waals surface area (Å²) in [6, 6.07) is 17.4. The summed E-state index contributed by atoms with van der Waals surface area (Å²) in [5.74, 6) is 0.333. The Bertz CT molecular complexity index is 1580. The molecule has 0 heterocycles. The second kappa shape index (κ2) is 15.5. The molecule has 1 fully saturated rings. The number of amides is 2. The Morgan fingerprint density at radius 3 is 2.29 bits per heavy atom. The van der Waals surface area contributed by atoms with E-state index in [1.807, 2.05) is 31.2 Å². The summed E-state index contributed by atoms with van der Waals surface area (Å²) in [6.07, 6.45) is 3.89. The summed E-state index contributed by atoms with van der Waals surface area (Å²) in [6.45, 7) is 3.51. The zero-order valence-electron chi connectivity index (χ0n) is 26.0. The van der Waals surface area contributed by atoms with Crippen LogP contribution in [0.5, 0.6) is 17.2 Å². The molecule has 3 aromatic rings. The molecule has 2 amide bonds. The van der Waals surface area contributed by atoms with Crippen molar-refractivity contribution in [3.8, 4) is 17.2 Å². The van der Waals surface area contributed by atoms with E-state index in [9.17, 15) is 18.0 Å².